The first-order valence-electron chi connectivity index (χ1n) is 6.52. The van der Waals surface area contributed by atoms with Gasteiger partial charge in [-0.15, -0.1) is 0 Å². The Labute approximate surface area is 111 Å². The van der Waals surface area contributed by atoms with Crippen molar-refractivity contribution in [1.29, 1.82) is 0 Å². The smallest absolute Gasteiger partial charge is 0.220 e. The predicted octanol–water partition coefficient (Wildman–Crippen LogP) is 2.52. The maximum absolute atomic E-state index is 11.9. The molecule has 0 aromatic carbocycles. The molecule has 0 aromatic heterocycles. The first-order chi connectivity index (χ1) is 8.15. The van der Waals surface area contributed by atoms with Crippen LogP contribution in [0.25, 0.3) is 0 Å². The van der Waals surface area contributed by atoms with E-state index < -0.39 is 0 Å². The Bertz CT molecular complexity index is 319. The van der Waals surface area contributed by atoms with Crippen LogP contribution in [-0.4, -0.2) is 34.0 Å². The zero-order valence-electron chi connectivity index (χ0n) is 10.3. The van der Waals surface area contributed by atoms with Crippen LogP contribution in [0, 0.1) is 5.92 Å². The second kappa shape index (κ2) is 5.51. The van der Waals surface area contributed by atoms with E-state index in [1.807, 2.05) is 4.90 Å². The van der Waals surface area contributed by atoms with Crippen LogP contribution < -0.4 is 0 Å². The number of alkyl halides is 1. The van der Waals surface area contributed by atoms with Crippen molar-refractivity contribution in [2.45, 2.75) is 57.5 Å². The van der Waals surface area contributed by atoms with Gasteiger partial charge in [0.15, 0.2) is 5.78 Å². The number of hydrogen-bond acceptors (Lipinski definition) is 2. The van der Waals surface area contributed by atoms with Crippen molar-refractivity contribution in [2.24, 2.45) is 5.92 Å². The summed E-state index contributed by atoms with van der Waals surface area (Å²) in [6.07, 6.45) is 6.74. The van der Waals surface area contributed by atoms with Gasteiger partial charge in [-0.2, -0.15) is 0 Å². The van der Waals surface area contributed by atoms with Crippen LogP contribution in [0.5, 0.6) is 0 Å². The number of nitrogens with zero attached hydrogens (tertiary/aromatic N) is 1. The number of halogens is 1. The van der Waals surface area contributed by atoms with Gasteiger partial charge in [-0.3, -0.25) is 9.59 Å². The average molecular weight is 302 g/mol. The molecule has 1 saturated heterocycles. The first kappa shape index (κ1) is 13.1. The van der Waals surface area contributed by atoms with E-state index in [2.05, 4.69) is 15.9 Å². The number of carbonyl (C=O) groups excluding carboxylic acids is 2. The molecule has 1 aliphatic heterocycles. The highest BCUT2D eigenvalue weighted by molar-refractivity contribution is 9.09. The van der Waals surface area contributed by atoms with Gasteiger partial charge in [-0.25, -0.2) is 0 Å². The summed E-state index contributed by atoms with van der Waals surface area (Å²) in [6, 6.07) is 0.147. The zero-order chi connectivity index (χ0) is 12.4. The quantitative estimate of drug-likeness (QED) is 0.735. The van der Waals surface area contributed by atoms with Crippen LogP contribution in [0.4, 0.5) is 0 Å². The third-order valence-electron chi connectivity index (χ3n) is 4.24. The van der Waals surface area contributed by atoms with Crippen LogP contribution in [0.3, 0.4) is 0 Å². The number of ketones is 1. The van der Waals surface area contributed by atoms with Crippen molar-refractivity contribution in [2.75, 3.05) is 5.33 Å². The largest absolute Gasteiger partial charge is 0.330 e. The highest BCUT2D eigenvalue weighted by Crippen LogP contribution is 2.38. The summed E-state index contributed by atoms with van der Waals surface area (Å²) in [5.74, 6) is 0.858. The van der Waals surface area contributed by atoms with Gasteiger partial charge in [-0.05, 0) is 31.6 Å². The second-order valence-electron chi connectivity index (χ2n) is 5.23. The number of hydrogen-bond donors (Lipinski definition) is 0. The van der Waals surface area contributed by atoms with E-state index in [-0.39, 0.29) is 17.7 Å². The summed E-state index contributed by atoms with van der Waals surface area (Å²) >= 11 is 3.23. The first-order valence-corrected chi connectivity index (χ1v) is 7.65. The van der Waals surface area contributed by atoms with E-state index in [9.17, 15) is 9.59 Å². The van der Waals surface area contributed by atoms with E-state index in [1.165, 1.54) is 19.3 Å². The SMILES string of the molecule is CC(=O)N1C(C(=O)CBr)CCC2CCCCC21. The molecule has 0 radical (unpaired) electrons. The van der Waals surface area contributed by atoms with E-state index in [0.717, 1.165) is 19.3 Å². The average Bonchev–Trinajstić information content (AvgIpc) is 2.36. The molecule has 96 valence electrons. The fourth-order valence-corrected chi connectivity index (χ4v) is 3.87. The summed E-state index contributed by atoms with van der Waals surface area (Å²) in [5.41, 5.74) is 0. The lowest BCUT2D eigenvalue weighted by Gasteiger charge is -2.47. The van der Waals surface area contributed by atoms with Gasteiger partial charge in [0.1, 0.15) is 0 Å². The molecule has 2 fully saturated rings. The highest BCUT2D eigenvalue weighted by Gasteiger charge is 2.41. The minimum atomic E-state index is -0.175. The van der Waals surface area contributed by atoms with Crippen LogP contribution in [0.15, 0.2) is 0 Å². The molecule has 3 unspecified atom stereocenters. The fourth-order valence-electron chi connectivity index (χ4n) is 3.49. The number of carbonyl (C=O) groups is 2. The van der Waals surface area contributed by atoms with Crippen LogP contribution in [0.1, 0.15) is 45.4 Å². The fraction of sp³-hybridized carbons (Fsp3) is 0.846. The minimum Gasteiger partial charge on any atom is -0.330 e. The van der Waals surface area contributed by atoms with E-state index in [1.54, 1.807) is 6.92 Å². The molecule has 1 amide bonds. The summed E-state index contributed by atoms with van der Waals surface area (Å²) in [6.45, 7) is 1.60. The molecule has 1 heterocycles. The van der Waals surface area contributed by atoms with Gasteiger partial charge in [0.25, 0.3) is 0 Å². The Morgan fingerprint density at radius 1 is 1.18 bits per heavy atom. The lowest BCUT2D eigenvalue weighted by Crippen LogP contribution is -2.57. The Morgan fingerprint density at radius 3 is 2.53 bits per heavy atom. The molecule has 4 heteroatoms. The van der Waals surface area contributed by atoms with Crippen LogP contribution >= 0.6 is 15.9 Å². The molecule has 17 heavy (non-hydrogen) atoms. The third kappa shape index (κ3) is 2.56. The molecule has 0 bridgehead atoms. The zero-order valence-corrected chi connectivity index (χ0v) is 11.9. The summed E-state index contributed by atoms with van der Waals surface area (Å²) in [5, 5.41) is 0.360. The normalized spacial score (nSPS) is 33.1. The van der Waals surface area contributed by atoms with Gasteiger partial charge in [-0.1, -0.05) is 28.8 Å². The van der Waals surface area contributed by atoms with Crippen molar-refractivity contribution < 1.29 is 9.59 Å². The predicted molar refractivity (Wildman–Crippen MR) is 70.1 cm³/mol. The second-order valence-corrected chi connectivity index (χ2v) is 5.79. The van der Waals surface area contributed by atoms with Crippen molar-refractivity contribution in [3.8, 4) is 0 Å². The minimum absolute atomic E-state index is 0.0703. The molecule has 3 atom stereocenters. The maximum atomic E-state index is 11.9. The number of Topliss-reactive ketones (excluding diaryl/α,β-unsaturated/α-hetero) is 1. The van der Waals surface area contributed by atoms with Crippen molar-refractivity contribution >= 4 is 27.6 Å². The summed E-state index contributed by atoms with van der Waals surface area (Å²) < 4.78 is 0. The number of amides is 1. The van der Waals surface area contributed by atoms with Gasteiger partial charge in [0.05, 0.1) is 11.4 Å². The summed E-state index contributed by atoms with van der Waals surface area (Å²) in [4.78, 5) is 25.6. The standard InChI is InChI=1S/C13H20BrNO2/c1-9(16)15-11-5-3-2-4-10(11)6-7-12(15)13(17)8-14/h10-12H,2-8H2,1H3. The lowest BCUT2D eigenvalue weighted by atomic mass is 9.75. The van der Waals surface area contributed by atoms with Gasteiger partial charge in [0.2, 0.25) is 5.91 Å². The molecule has 3 nitrogen and oxygen atoms in total. The molecule has 0 spiro atoms. The van der Waals surface area contributed by atoms with Gasteiger partial charge >= 0.3 is 0 Å². The number of rotatable bonds is 2. The van der Waals surface area contributed by atoms with E-state index in [0.29, 0.717) is 17.3 Å². The molecular weight excluding hydrogens is 282 g/mol. The molecular formula is C13H20BrNO2. The topological polar surface area (TPSA) is 37.4 Å². The monoisotopic (exact) mass is 301 g/mol. The number of fused-ring (bicyclic) bond motifs is 1. The molecule has 2 aliphatic rings. The molecule has 1 saturated carbocycles. The van der Waals surface area contributed by atoms with E-state index in [4.69, 9.17) is 0 Å². The number of piperidine rings is 1. The number of likely N-dealkylation sites (tertiary alicyclic amines) is 1. The molecule has 0 N–H and O–H groups in total. The molecule has 1 aliphatic carbocycles. The lowest BCUT2D eigenvalue weighted by molar-refractivity contribution is -0.145. The van der Waals surface area contributed by atoms with Crippen LogP contribution in [0.2, 0.25) is 0 Å². The third-order valence-corrected chi connectivity index (χ3v) is 4.79. The Kier molecular flexibility index (Phi) is 4.23. The van der Waals surface area contributed by atoms with Crippen molar-refractivity contribution in [3.63, 3.8) is 0 Å². The van der Waals surface area contributed by atoms with E-state index >= 15 is 0 Å². The summed E-state index contributed by atoms with van der Waals surface area (Å²) in [7, 11) is 0. The molecule has 2 rings (SSSR count). The van der Waals surface area contributed by atoms with Gasteiger partial charge < -0.3 is 4.90 Å². The Morgan fingerprint density at radius 2 is 1.88 bits per heavy atom. The Balaban J connectivity index is 2.19. The van der Waals surface area contributed by atoms with Crippen molar-refractivity contribution in [3.05, 3.63) is 0 Å². The Hall–Kier alpha value is -0.380. The molecule has 0 aromatic rings. The maximum Gasteiger partial charge on any atom is 0.220 e. The van der Waals surface area contributed by atoms with Crippen LogP contribution in [-0.2, 0) is 9.59 Å². The highest BCUT2D eigenvalue weighted by atomic mass is 79.9. The van der Waals surface area contributed by atoms with Crippen molar-refractivity contribution in [1.82, 2.24) is 4.90 Å². The van der Waals surface area contributed by atoms with Gasteiger partial charge in [0, 0.05) is 13.0 Å².